The molecule has 0 fully saturated rings. The van der Waals surface area contributed by atoms with Gasteiger partial charge in [-0.05, 0) is 18.2 Å². The average Bonchev–Trinajstić information content (AvgIpc) is 2.62. The summed E-state index contributed by atoms with van der Waals surface area (Å²) in [5.74, 6) is -0.530. The van der Waals surface area contributed by atoms with E-state index < -0.39 is 16.8 Å². The number of halogens is 1. The number of aromatic nitrogens is 2. The monoisotopic (exact) mass is 220 g/mol. The molecule has 0 radical (unpaired) electrons. The molecule has 80 valence electrons. The van der Waals surface area contributed by atoms with Gasteiger partial charge in [-0.25, -0.2) is 4.39 Å². The minimum absolute atomic E-state index is 0.0640. The van der Waals surface area contributed by atoms with Gasteiger partial charge in [0.2, 0.25) is 11.1 Å². The highest BCUT2D eigenvalue weighted by Gasteiger charge is 2.12. The van der Waals surface area contributed by atoms with E-state index in [9.17, 15) is 14.0 Å². The molecule has 2 aromatic heterocycles. The van der Waals surface area contributed by atoms with Gasteiger partial charge in [0.15, 0.2) is 5.39 Å². The van der Waals surface area contributed by atoms with Crippen LogP contribution in [0.2, 0.25) is 0 Å². The van der Waals surface area contributed by atoms with Crippen molar-refractivity contribution in [2.45, 2.75) is 0 Å². The van der Waals surface area contributed by atoms with Crippen LogP contribution in [0.1, 0.15) is 0 Å². The van der Waals surface area contributed by atoms with E-state index in [2.05, 4.69) is 10.1 Å². The molecule has 0 saturated carbocycles. The Hall–Kier alpha value is -2.37. The fraction of sp³-hybridized carbons (Fsp3) is 0. The summed E-state index contributed by atoms with van der Waals surface area (Å²) in [6, 6.07) is 3.72. The Morgan fingerprint density at radius 3 is 2.88 bits per heavy atom. The maximum atomic E-state index is 13.0. The second-order valence-corrected chi connectivity index (χ2v) is 3.38. The van der Waals surface area contributed by atoms with Gasteiger partial charge < -0.3 is 9.51 Å². The molecule has 0 spiro atoms. The Balaban J connectivity index is 2.69. The fourth-order valence-electron chi connectivity index (χ4n) is 1.67. The SMILES string of the molecule is O=c1[nH]oc2[nH]c3ccc(F)cc3c(=O)c12. The lowest BCUT2D eigenvalue weighted by Crippen LogP contribution is -2.11. The third-order valence-corrected chi connectivity index (χ3v) is 2.40. The van der Waals surface area contributed by atoms with Gasteiger partial charge in [0.05, 0.1) is 5.52 Å². The molecule has 3 rings (SSSR count). The van der Waals surface area contributed by atoms with Crippen LogP contribution in [0.4, 0.5) is 4.39 Å². The smallest absolute Gasteiger partial charge is 0.293 e. The topological polar surface area (TPSA) is 78.9 Å². The summed E-state index contributed by atoms with van der Waals surface area (Å²) in [5.41, 5.74) is -0.684. The van der Waals surface area contributed by atoms with Crippen LogP contribution in [0.3, 0.4) is 0 Å². The van der Waals surface area contributed by atoms with Crippen LogP contribution < -0.4 is 11.0 Å². The molecule has 16 heavy (non-hydrogen) atoms. The van der Waals surface area contributed by atoms with Gasteiger partial charge >= 0.3 is 0 Å². The number of hydrogen-bond donors (Lipinski definition) is 2. The molecule has 0 aliphatic rings. The lowest BCUT2D eigenvalue weighted by molar-refractivity contribution is 0.442. The summed E-state index contributed by atoms with van der Waals surface area (Å²) in [4.78, 5) is 25.9. The van der Waals surface area contributed by atoms with Gasteiger partial charge in [-0.3, -0.25) is 9.59 Å². The minimum Gasteiger partial charge on any atom is -0.360 e. The summed E-state index contributed by atoms with van der Waals surface area (Å²) < 4.78 is 17.8. The van der Waals surface area contributed by atoms with Crippen LogP contribution >= 0.6 is 0 Å². The Bertz CT molecular complexity index is 812. The molecule has 3 aromatic rings. The molecular formula is C10H5FN2O3. The summed E-state index contributed by atoms with van der Waals surface area (Å²) in [6.45, 7) is 0. The first kappa shape index (κ1) is 8.90. The highest BCUT2D eigenvalue weighted by Crippen LogP contribution is 2.12. The first-order valence-electron chi connectivity index (χ1n) is 4.49. The molecular weight excluding hydrogens is 215 g/mol. The summed E-state index contributed by atoms with van der Waals surface area (Å²) in [7, 11) is 0. The van der Waals surface area contributed by atoms with Gasteiger partial charge in [-0.1, -0.05) is 0 Å². The zero-order chi connectivity index (χ0) is 11.3. The molecule has 0 aliphatic carbocycles. The second kappa shape index (κ2) is 2.82. The van der Waals surface area contributed by atoms with Crippen molar-refractivity contribution >= 4 is 22.0 Å². The van der Waals surface area contributed by atoms with Gasteiger partial charge in [0.25, 0.3) is 5.56 Å². The Morgan fingerprint density at radius 2 is 2.06 bits per heavy atom. The molecule has 0 unspecified atom stereocenters. The van der Waals surface area contributed by atoms with Gasteiger partial charge in [0, 0.05) is 5.39 Å². The number of H-pyrrole nitrogens is 2. The third kappa shape index (κ3) is 1.04. The van der Waals surface area contributed by atoms with E-state index in [-0.39, 0.29) is 16.5 Å². The second-order valence-electron chi connectivity index (χ2n) is 3.38. The van der Waals surface area contributed by atoms with Crippen LogP contribution in [-0.2, 0) is 0 Å². The zero-order valence-corrected chi connectivity index (χ0v) is 7.83. The largest absolute Gasteiger partial charge is 0.360 e. The van der Waals surface area contributed by atoms with E-state index >= 15 is 0 Å². The number of nitrogens with one attached hydrogen (secondary N) is 2. The number of hydrogen-bond acceptors (Lipinski definition) is 3. The molecule has 0 atom stereocenters. The molecule has 5 nitrogen and oxygen atoms in total. The van der Waals surface area contributed by atoms with Crippen molar-refractivity contribution in [1.82, 2.24) is 10.1 Å². The first-order chi connectivity index (χ1) is 7.66. The van der Waals surface area contributed by atoms with Crippen molar-refractivity contribution in [2.24, 2.45) is 0 Å². The first-order valence-corrected chi connectivity index (χ1v) is 4.49. The highest BCUT2D eigenvalue weighted by molar-refractivity contribution is 5.89. The van der Waals surface area contributed by atoms with Crippen LogP contribution in [0.25, 0.3) is 22.0 Å². The number of aromatic amines is 2. The van der Waals surface area contributed by atoms with Crippen LogP contribution in [0, 0.1) is 5.82 Å². The van der Waals surface area contributed by atoms with E-state index in [4.69, 9.17) is 4.52 Å². The van der Waals surface area contributed by atoms with E-state index in [0.717, 1.165) is 6.07 Å². The van der Waals surface area contributed by atoms with Crippen molar-refractivity contribution in [3.63, 3.8) is 0 Å². The highest BCUT2D eigenvalue weighted by atomic mass is 19.1. The molecule has 2 heterocycles. The number of fused-ring (bicyclic) bond motifs is 2. The van der Waals surface area contributed by atoms with Crippen LogP contribution in [0.15, 0.2) is 32.3 Å². The van der Waals surface area contributed by atoms with Crippen LogP contribution in [-0.4, -0.2) is 10.1 Å². The summed E-state index contributed by atoms with van der Waals surface area (Å²) in [6.07, 6.45) is 0. The molecule has 2 N–H and O–H groups in total. The molecule has 6 heteroatoms. The minimum atomic E-state index is -0.623. The van der Waals surface area contributed by atoms with Crippen molar-refractivity contribution in [3.8, 4) is 0 Å². The molecule has 1 aromatic carbocycles. The average molecular weight is 220 g/mol. The standard InChI is InChI=1S/C10H5FN2O3/c11-4-1-2-6-5(3-4)8(14)7-9(15)13-16-10(7)12-6/h1-3H,(H,12,14)(H,13,15). The van der Waals surface area contributed by atoms with E-state index in [1.165, 1.54) is 12.1 Å². The summed E-state index contributed by atoms with van der Waals surface area (Å²) >= 11 is 0. The molecule has 0 bridgehead atoms. The maximum Gasteiger partial charge on any atom is 0.293 e. The lowest BCUT2D eigenvalue weighted by Gasteiger charge is -1.96. The third-order valence-electron chi connectivity index (χ3n) is 2.40. The summed E-state index contributed by atoms with van der Waals surface area (Å²) in [5, 5.41) is 2.05. The van der Waals surface area contributed by atoms with Crippen LogP contribution in [0.5, 0.6) is 0 Å². The van der Waals surface area contributed by atoms with E-state index in [1.54, 1.807) is 0 Å². The molecule has 0 saturated heterocycles. The van der Waals surface area contributed by atoms with Crippen molar-refractivity contribution in [1.29, 1.82) is 0 Å². The molecule has 0 amide bonds. The van der Waals surface area contributed by atoms with Crippen molar-refractivity contribution in [2.75, 3.05) is 0 Å². The van der Waals surface area contributed by atoms with E-state index in [0.29, 0.717) is 5.52 Å². The van der Waals surface area contributed by atoms with E-state index in [1.807, 2.05) is 0 Å². The van der Waals surface area contributed by atoms with Gasteiger partial charge in [-0.2, -0.15) is 5.16 Å². The van der Waals surface area contributed by atoms with Gasteiger partial charge in [-0.15, -0.1) is 0 Å². The Labute approximate surface area is 86.5 Å². The Morgan fingerprint density at radius 1 is 1.25 bits per heavy atom. The number of benzene rings is 1. The normalized spacial score (nSPS) is 11.3. The maximum absolute atomic E-state index is 13.0. The van der Waals surface area contributed by atoms with Crippen molar-refractivity contribution < 1.29 is 8.91 Å². The zero-order valence-electron chi connectivity index (χ0n) is 7.83. The lowest BCUT2D eigenvalue weighted by atomic mass is 10.2. The van der Waals surface area contributed by atoms with Gasteiger partial charge in [0.1, 0.15) is 5.82 Å². The fourth-order valence-corrected chi connectivity index (χ4v) is 1.67. The van der Waals surface area contributed by atoms with Crippen molar-refractivity contribution in [3.05, 3.63) is 44.6 Å². The molecule has 0 aliphatic heterocycles. The Kier molecular flexibility index (Phi) is 1.57. The predicted molar refractivity (Wildman–Crippen MR) is 54.9 cm³/mol. The number of rotatable bonds is 0. The predicted octanol–water partition coefficient (Wildman–Crippen LogP) is 1.10. The quantitative estimate of drug-likeness (QED) is 0.595. The number of pyridine rings is 1.